The maximum absolute atomic E-state index is 12.9. The average Bonchev–Trinajstić information content (AvgIpc) is 3.16. The van der Waals surface area contributed by atoms with Crippen LogP contribution in [0.4, 0.5) is 0 Å². The third-order valence-corrected chi connectivity index (χ3v) is 4.36. The van der Waals surface area contributed by atoms with Crippen LogP contribution in [0.5, 0.6) is 0 Å². The van der Waals surface area contributed by atoms with E-state index in [1.807, 2.05) is 48.5 Å². The first-order valence-electron chi connectivity index (χ1n) is 8.36. The molecule has 1 aliphatic heterocycles. The maximum Gasteiger partial charge on any atom is 0.323 e. The molecule has 5 nitrogen and oxygen atoms in total. The average molecular weight is 339 g/mol. The molecule has 1 N–H and O–H groups in total. The second-order valence-electron chi connectivity index (χ2n) is 6.23. The van der Waals surface area contributed by atoms with E-state index in [-0.39, 0.29) is 19.0 Å². The second-order valence-corrected chi connectivity index (χ2v) is 6.23. The molecule has 1 unspecified atom stereocenters. The SMILES string of the molecule is O=C(O)CN(Cc1ccccc1)C(=O)c1cccc(C2CCOC2)c1. The van der Waals surface area contributed by atoms with Gasteiger partial charge in [-0.15, -0.1) is 0 Å². The molecule has 5 heteroatoms. The van der Waals surface area contributed by atoms with Crippen LogP contribution < -0.4 is 0 Å². The first-order valence-corrected chi connectivity index (χ1v) is 8.36. The Morgan fingerprint density at radius 2 is 1.92 bits per heavy atom. The molecule has 2 aromatic carbocycles. The highest BCUT2D eigenvalue weighted by Crippen LogP contribution is 2.26. The maximum atomic E-state index is 12.9. The molecule has 3 rings (SSSR count). The Hall–Kier alpha value is -2.66. The molecule has 0 aliphatic carbocycles. The monoisotopic (exact) mass is 339 g/mol. The molecule has 0 saturated carbocycles. The summed E-state index contributed by atoms with van der Waals surface area (Å²) in [7, 11) is 0. The number of hydrogen-bond acceptors (Lipinski definition) is 3. The molecule has 1 aliphatic rings. The van der Waals surface area contributed by atoms with Crippen LogP contribution in [0.25, 0.3) is 0 Å². The van der Waals surface area contributed by atoms with Gasteiger partial charge >= 0.3 is 5.97 Å². The minimum Gasteiger partial charge on any atom is -0.480 e. The summed E-state index contributed by atoms with van der Waals surface area (Å²) in [6.07, 6.45) is 0.945. The second kappa shape index (κ2) is 7.94. The van der Waals surface area contributed by atoms with Gasteiger partial charge in [0.1, 0.15) is 6.54 Å². The molecule has 1 amide bonds. The topological polar surface area (TPSA) is 66.8 Å². The van der Waals surface area contributed by atoms with Crippen molar-refractivity contribution in [3.8, 4) is 0 Å². The quantitative estimate of drug-likeness (QED) is 0.879. The first kappa shape index (κ1) is 17.2. The molecule has 0 spiro atoms. The molecule has 1 heterocycles. The summed E-state index contributed by atoms with van der Waals surface area (Å²) in [5.74, 6) is -0.994. The Morgan fingerprint density at radius 1 is 1.12 bits per heavy atom. The van der Waals surface area contributed by atoms with Gasteiger partial charge in [0.05, 0.1) is 6.61 Å². The van der Waals surface area contributed by atoms with Gasteiger partial charge < -0.3 is 14.7 Å². The van der Waals surface area contributed by atoms with E-state index in [0.717, 1.165) is 24.2 Å². The van der Waals surface area contributed by atoms with Gasteiger partial charge in [0.15, 0.2) is 0 Å². The van der Waals surface area contributed by atoms with Crippen LogP contribution in [0.1, 0.15) is 33.8 Å². The first-order chi connectivity index (χ1) is 12.1. The molecular weight excluding hydrogens is 318 g/mol. The lowest BCUT2D eigenvalue weighted by Gasteiger charge is -2.21. The fraction of sp³-hybridized carbons (Fsp3) is 0.300. The van der Waals surface area contributed by atoms with Gasteiger partial charge in [0.25, 0.3) is 5.91 Å². The normalized spacial score (nSPS) is 16.6. The zero-order valence-corrected chi connectivity index (χ0v) is 13.9. The molecule has 2 aromatic rings. The smallest absolute Gasteiger partial charge is 0.323 e. The van der Waals surface area contributed by atoms with Crippen LogP contribution in [0, 0.1) is 0 Å². The predicted molar refractivity (Wildman–Crippen MR) is 93.4 cm³/mol. The van der Waals surface area contributed by atoms with E-state index in [1.54, 1.807) is 6.07 Å². The van der Waals surface area contributed by atoms with Crippen LogP contribution in [-0.4, -0.2) is 41.6 Å². The number of carbonyl (C=O) groups is 2. The molecule has 1 saturated heterocycles. The van der Waals surface area contributed by atoms with E-state index in [9.17, 15) is 14.7 Å². The lowest BCUT2D eigenvalue weighted by Crippen LogP contribution is -2.35. The van der Waals surface area contributed by atoms with Crippen LogP contribution >= 0.6 is 0 Å². The highest BCUT2D eigenvalue weighted by atomic mass is 16.5. The van der Waals surface area contributed by atoms with Crippen molar-refractivity contribution in [2.75, 3.05) is 19.8 Å². The number of benzene rings is 2. The van der Waals surface area contributed by atoms with E-state index in [1.165, 1.54) is 4.90 Å². The highest BCUT2D eigenvalue weighted by molar-refractivity contribution is 5.96. The summed E-state index contributed by atoms with van der Waals surface area (Å²) in [4.78, 5) is 25.4. The Balaban J connectivity index is 1.81. The van der Waals surface area contributed by atoms with Gasteiger partial charge in [-0.25, -0.2) is 0 Å². The number of carboxylic acids is 1. The van der Waals surface area contributed by atoms with E-state index >= 15 is 0 Å². The fourth-order valence-corrected chi connectivity index (χ4v) is 3.07. The number of amides is 1. The Morgan fingerprint density at radius 3 is 2.60 bits per heavy atom. The Labute approximate surface area is 146 Å². The lowest BCUT2D eigenvalue weighted by molar-refractivity contribution is -0.137. The molecule has 0 bridgehead atoms. The summed E-state index contributed by atoms with van der Waals surface area (Å²) in [5.41, 5.74) is 2.48. The summed E-state index contributed by atoms with van der Waals surface area (Å²) >= 11 is 0. The van der Waals surface area contributed by atoms with E-state index in [2.05, 4.69) is 0 Å². The highest BCUT2D eigenvalue weighted by Gasteiger charge is 2.22. The van der Waals surface area contributed by atoms with Gasteiger partial charge in [0, 0.05) is 24.6 Å². The summed E-state index contributed by atoms with van der Waals surface area (Å²) in [6, 6.07) is 16.8. The van der Waals surface area contributed by atoms with Crippen molar-refractivity contribution in [3.63, 3.8) is 0 Å². The van der Waals surface area contributed by atoms with Crippen LogP contribution in [0.15, 0.2) is 54.6 Å². The van der Waals surface area contributed by atoms with Gasteiger partial charge in [-0.1, -0.05) is 42.5 Å². The number of nitrogens with zero attached hydrogens (tertiary/aromatic N) is 1. The van der Waals surface area contributed by atoms with E-state index < -0.39 is 5.97 Å². The van der Waals surface area contributed by atoms with Gasteiger partial charge in [-0.3, -0.25) is 9.59 Å². The van der Waals surface area contributed by atoms with Crippen molar-refractivity contribution in [2.24, 2.45) is 0 Å². The summed E-state index contributed by atoms with van der Waals surface area (Å²) < 4.78 is 5.42. The third kappa shape index (κ3) is 4.45. The molecule has 1 atom stereocenters. The van der Waals surface area contributed by atoms with Crippen molar-refractivity contribution in [1.29, 1.82) is 0 Å². The zero-order valence-electron chi connectivity index (χ0n) is 13.9. The van der Waals surface area contributed by atoms with Gasteiger partial charge in [-0.05, 0) is 29.7 Å². The number of rotatable bonds is 6. The number of carbonyl (C=O) groups excluding carboxylic acids is 1. The van der Waals surface area contributed by atoms with E-state index in [4.69, 9.17) is 4.74 Å². The molecule has 25 heavy (non-hydrogen) atoms. The standard InChI is InChI=1S/C20H21NO4/c22-19(23)13-21(12-15-5-2-1-3-6-15)20(24)17-8-4-7-16(11-17)18-9-10-25-14-18/h1-8,11,18H,9-10,12-14H2,(H,22,23). The predicted octanol–water partition coefficient (Wildman–Crippen LogP) is 2.92. The van der Waals surface area contributed by atoms with Crippen LogP contribution in [0.3, 0.4) is 0 Å². The Kier molecular flexibility index (Phi) is 5.46. The fourth-order valence-electron chi connectivity index (χ4n) is 3.07. The Bertz CT molecular complexity index is 738. The third-order valence-electron chi connectivity index (χ3n) is 4.36. The molecule has 1 fully saturated rings. The number of carboxylic acid groups (broad SMARTS) is 1. The number of aliphatic carboxylic acids is 1. The van der Waals surface area contributed by atoms with Crippen LogP contribution in [0.2, 0.25) is 0 Å². The van der Waals surface area contributed by atoms with Gasteiger partial charge in [-0.2, -0.15) is 0 Å². The summed E-state index contributed by atoms with van der Waals surface area (Å²) in [5, 5.41) is 9.17. The van der Waals surface area contributed by atoms with Crippen molar-refractivity contribution < 1.29 is 19.4 Å². The van der Waals surface area contributed by atoms with Crippen molar-refractivity contribution in [2.45, 2.75) is 18.9 Å². The minimum absolute atomic E-state index is 0.267. The molecule has 0 radical (unpaired) electrons. The molecule has 0 aromatic heterocycles. The van der Waals surface area contributed by atoms with Crippen molar-refractivity contribution in [1.82, 2.24) is 4.90 Å². The zero-order chi connectivity index (χ0) is 17.6. The lowest BCUT2D eigenvalue weighted by atomic mass is 9.96. The molecular formula is C20H21NO4. The number of hydrogen-bond donors (Lipinski definition) is 1. The largest absolute Gasteiger partial charge is 0.480 e. The molecule has 130 valence electrons. The van der Waals surface area contributed by atoms with E-state index in [0.29, 0.717) is 18.1 Å². The number of ether oxygens (including phenoxy) is 1. The summed E-state index contributed by atoms with van der Waals surface area (Å²) in [6.45, 7) is 1.34. The van der Waals surface area contributed by atoms with Crippen molar-refractivity contribution >= 4 is 11.9 Å². The van der Waals surface area contributed by atoms with Crippen LogP contribution in [-0.2, 0) is 16.1 Å². The van der Waals surface area contributed by atoms with Gasteiger partial charge in [0.2, 0.25) is 0 Å². The van der Waals surface area contributed by atoms with Crippen molar-refractivity contribution in [3.05, 3.63) is 71.3 Å². The minimum atomic E-state index is -1.02.